The van der Waals surface area contributed by atoms with E-state index in [-0.39, 0.29) is 74.3 Å². The zero-order valence-corrected chi connectivity index (χ0v) is 62.9. The lowest BCUT2D eigenvalue weighted by atomic mass is 9.66. The molecule has 18 nitrogen and oxygen atoms in total. The van der Waals surface area contributed by atoms with Crippen LogP contribution in [0.3, 0.4) is 0 Å². The van der Waals surface area contributed by atoms with Crippen LogP contribution in [0.1, 0.15) is 187 Å². The lowest BCUT2D eigenvalue weighted by Crippen LogP contribution is -2.64. The van der Waals surface area contributed by atoms with E-state index in [9.17, 15) is 49.5 Å². The summed E-state index contributed by atoms with van der Waals surface area (Å²) in [7, 11) is 1.27. The zero-order chi connectivity index (χ0) is 76.4. The van der Waals surface area contributed by atoms with Gasteiger partial charge in [0.15, 0.2) is 12.1 Å². The van der Waals surface area contributed by atoms with Crippen LogP contribution in [0.5, 0.6) is 0 Å². The molecular weight excluding hydrogens is 1360 g/mol. The van der Waals surface area contributed by atoms with Crippen molar-refractivity contribution in [3.63, 3.8) is 0 Å². The second-order valence-corrected chi connectivity index (χ2v) is 29.9. The quantitative estimate of drug-likeness (QED) is 0.0275. The number of rotatable bonds is 16. The number of hydrogen-bond donors (Lipinski definition) is 7. The third kappa shape index (κ3) is 22.9. The van der Waals surface area contributed by atoms with E-state index in [0.29, 0.717) is 43.4 Å². The summed E-state index contributed by atoms with van der Waals surface area (Å²) in [6.45, 7) is 5.83. The van der Waals surface area contributed by atoms with Gasteiger partial charge in [0.25, 0.3) is 0 Å². The molecule has 10 rings (SSSR count). The van der Waals surface area contributed by atoms with Crippen molar-refractivity contribution in [2.45, 2.75) is 215 Å². The minimum atomic E-state index is -1.59. The molecule has 576 valence electrons. The molecule has 0 radical (unpaired) electrons. The molecule has 3 aliphatic carbocycles. The van der Waals surface area contributed by atoms with E-state index in [1.165, 1.54) is 7.11 Å². The summed E-state index contributed by atoms with van der Waals surface area (Å²) in [6.07, 6.45) is 28.1. The number of allylic oxidation sites excluding steroid dienone is 12. The largest absolute Gasteiger partial charge is 0.469 e. The summed E-state index contributed by atoms with van der Waals surface area (Å²) in [6, 6.07) is 37.5. The number of ketones is 1. The fourth-order valence-corrected chi connectivity index (χ4v) is 16.2. The zero-order valence-electron chi connectivity index (χ0n) is 62.9. The maximum absolute atomic E-state index is 13.6. The highest BCUT2D eigenvalue weighted by Gasteiger charge is 2.50. The van der Waals surface area contributed by atoms with Gasteiger partial charge in [0.2, 0.25) is 0 Å². The maximum atomic E-state index is 13.6. The number of methoxy groups -OCH3 is 1. The Labute approximate surface area is 636 Å². The number of amides is 2. The standard InChI is InChI=1S/C90H110N2O16/c1-60-36-24-20-16-12-8-5-6-9-13-17-21-25-37-67(107-87-84(98)82(83(97)62(3)106-87)92-89(101)105-59-77-74-44-33-29-40-70(74)71-41-30-34-45-75(71)77)54-64-56-90(102,57-79(95)81(64)86(99)103-4)53-35-23-19-15-11-7-10-14-18-22-26-46-80(96)108-85(60)61(2)47-52-66(93)55-78(94)63-48-50-65(51-49-63)91-88(100)104-58-76-72-42-31-27-38-68(72)69-39-28-32-43-73(69)76/h5-6,8-9,12-13,16-17,20-21,24-25,27-34,36-45,48-51,60-62,64,66-67,76-77,79,81-85,87,93,95,97-98,102H,7,10-11,14-15,18-19,22-23,26,35,46-47,52-59H2,1-4H3,(H,91,100)(H,92,101)/b6-5+,12-8+,13-9+,20-16+,21-17+,36-24+,37-25+/t60?,61?,62-,64?,66?,67?,79?,81?,82+,83-,84+,85?,87+,90?/m1/s1. The molecular formula is C90H110N2O16. The molecule has 108 heavy (non-hydrogen) atoms. The van der Waals surface area contributed by atoms with Gasteiger partial charge in [-0.1, -0.05) is 260 Å². The van der Waals surface area contributed by atoms with Gasteiger partial charge in [-0.2, -0.15) is 0 Å². The molecule has 2 amide bonds. The second kappa shape index (κ2) is 41.1. The van der Waals surface area contributed by atoms with Gasteiger partial charge >= 0.3 is 24.1 Å². The molecule has 5 aromatic carbocycles. The smallest absolute Gasteiger partial charge is 0.411 e. The summed E-state index contributed by atoms with van der Waals surface area (Å²) in [5, 5.41) is 64.0. The number of carbonyl (C=O) groups is 5. The van der Waals surface area contributed by atoms with Crippen LogP contribution in [0.15, 0.2) is 206 Å². The number of Topliss-reactive ketones (excluding diaryl/α,β-unsaturated/α-hetero) is 1. The Morgan fingerprint density at radius 3 is 1.59 bits per heavy atom. The van der Waals surface area contributed by atoms with Crippen molar-refractivity contribution < 1.29 is 77.9 Å². The normalized spacial score (nSPS) is 28.4. The van der Waals surface area contributed by atoms with Gasteiger partial charge < -0.3 is 59.3 Å². The summed E-state index contributed by atoms with van der Waals surface area (Å²) in [5.74, 6) is -3.33. The number of anilines is 1. The van der Waals surface area contributed by atoms with Crippen LogP contribution >= 0.6 is 0 Å². The first kappa shape index (κ1) is 81.7. The lowest BCUT2D eigenvalue weighted by molar-refractivity contribution is -0.280. The summed E-state index contributed by atoms with van der Waals surface area (Å²) >= 11 is 0. The maximum Gasteiger partial charge on any atom is 0.411 e. The van der Waals surface area contributed by atoms with Crippen LogP contribution in [-0.2, 0) is 38.0 Å². The third-order valence-electron chi connectivity index (χ3n) is 21.9. The van der Waals surface area contributed by atoms with E-state index < -0.39 is 90.7 Å². The Balaban J connectivity index is 0.741. The first-order valence-corrected chi connectivity index (χ1v) is 39.0. The van der Waals surface area contributed by atoms with E-state index in [0.717, 1.165) is 109 Å². The fourth-order valence-electron chi connectivity index (χ4n) is 16.2. The van der Waals surface area contributed by atoms with Crippen LogP contribution in [0, 0.1) is 23.7 Å². The average Bonchev–Trinajstić information content (AvgIpc) is 1.61. The molecule has 2 fully saturated rings. The number of alkyl carbamates (subject to hydrolysis) is 1. The third-order valence-corrected chi connectivity index (χ3v) is 21.9. The highest BCUT2D eigenvalue weighted by atomic mass is 16.7. The van der Waals surface area contributed by atoms with Crippen molar-refractivity contribution >= 4 is 35.6 Å². The topological polar surface area (TPSA) is 266 Å². The number of aliphatic hydroxyl groups is 5. The Kier molecular flexibility index (Phi) is 31.1. The van der Waals surface area contributed by atoms with Gasteiger partial charge in [0, 0.05) is 48.3 Å². The number of benzene rings is 5. The predicted octanol–water partition coefficient (Wildman–Crippen LogP) is 16.4. The molecule has 2 bridgehead atoms. The molecule has 14 atom stereocenters. The molecule has 0 aromatic heterocycles. The molecule has 1 saturated carbocycles. The number of fused-ring (bicyclic) bond motifs is 8. The van der Waals surface area contributed by atoms with Gasteiger partial charge in [-0.3, -0.25) is 19.7 Å². The molecule has 5 aromatic rings. The Hall–Kier alpha value is -8.85. The molecule has 2 aliphatic heterocycles. The molecule has 1 saturated heterocycles. The summed E-state index contributed by atoms with van der Waals surface area (Å²) < 4.78 is 35.8. The Bertz CT molecular complexity index is 3900. The summed E-state index contributed by atoms with van der Waals surface area (Å²) in [5.41, 5.74) is 8.30. The van der Waals surface area contributed by atoms with Gasteiger partial charge in [-0.25, -0.2) is 9.59 Å². The van der Waals surface area contributed by atoms with E-state index in [1.54, 1.807) is 49.4 Å². The highest BCUT2D eigenvalue weighted by Crippen LogP contribution is 2.47. The van der Waals surface area contributed by atoms with Gasteiger partial charge in [0.1, 0.15) is 31.5 Å². The van der Waals surface area contributed by atoms with E-state index >= 15 is 0 Å². The van der Waals surface area contributed by atoms with E-state index in [2.05, 4.69) is 34.9 Å². The van der Waals surface area contributed by atoms with Crippen molar-refractivity contribution in [1.29, 1.82) is 0 Å². The highest BCUT2D eigenvalue weighted by molar-refractivity contribution is 5.97. The van der Waals surface area contributed by atoms with Crippen molar-refractivity contribution in [2.24, 2.45) is 23.7 Å². The summed E-state index contributed by atoms with van der Waals surface area (Å²) in [4.78, 5) is 67.2. The molecule has 2 heterocycles. The first-order chi connectivity index (χ1) is 52.4. The number of aliphatic hydroxyl groups excluding tert-OH is 4. The van der Waals surface area contributed by atoms with Crippen LogP contribution in [0.4, 0.5) is 15.3 Å². The van der Waals surface area contributed by atoms with Gasteiger partial charge in [-0.05, 0) is 126 Å². The predicted molar refractivity (Wildman–Crippen MR) is 419 cm³/mol. The number of esters is 2. The monoisotopic (exact) mass is 1470 g/mol. The average molecular weight is 1480 g/mol. The molecule has 5 aliphatic rings. The molecule has 18 heteroatoms. The van der Waals surface area contributed by atoms with E-state index in [1.807, 2.05) is 153 Å². The first-order valence-electron chi connectivity index (χ1n) is 39.0. The SMILES string of the molecule is COC(=O)C1C(O)CC2(O)CCCCCCCCCCCCCC(=O)OC(C(C)CCC(O)CC(=O)c3ccc(NC(=O)OCC4c5ccccc5-c5ccccc54)cc3)C(C)/C=C/C=C/C=C/C=C/C=C/C=C/C=C/C(O[C@@H]3O[C@H](C)[C@@H](O)[C@H](NC(=O)OCC4c5ccccc5-c5ccccc54)[C@@H]3O)CC1C2. The fraction of sp³-hybridized carbons (Fsp3) is 0.456. The Morgan fingerprint density at radius 2 is 1.06 bits per heavy atom. The number of cyclic esters (lactones) is 1. The molecule has 9 unspecified atom stereocenters. The van der Waals surface area contributed by atoms with Crippen molar-refractivity contribution in [3.8, 4) is 22.3 Å². The van der Waals surface area contributed by atoms with Crippen LogP contribution in [0.2, 0.25) is 0 Å². The van der Waals surface area contributed by atoms with Crippen molar-refractivity contribution in [3.05, 3.63) is 234 Å². The minimum absolute atomic E-state index is 0.00432. The number of ether oxygens (including phenoxy) is 6. The number of carbonyl (C=O) groups excluding carboxylic acids is 5. The van der Waals surface area contributed by atoms with Crippen LogP contribution in [0.25, 0.3) is 22.3 Å². The van der Waals surface area contributed by atoms with Crippen molar-refractivity contribution in [1.82, 2.24) is 5.32 Å². The van der Waals surface area contributed by atoms with Gasteiger partial charge in [-0.15, -0.1) is 0 Å². The minimum Gasteiger partial charge on any atom is -0.469 e. The van der Waals surface area contributed by atoms with Gasteiger partial charge in [0.05, 0.1) is 49.1 Å². The number of hydrogen-bond acceptors (Lipinski definition) is 16. The lowest BCUT2D eigenvalue weighted by Gasteiger charge is -2.45. The van der Waals surface area contributed by atoms with E-state index in [4.69, 9.17) is 28.4 Å². The number of nitrogens with one attached hydrogen (secondary N) is 2. The molecule has 7 N–H and O–H groups in total. The second-order valence-electron chi connectivity index (χ2n) is 29.9. The molecule has 0 spiro atoms. The van der Waals surface area contributed by atoms with Crippen LogP contribution in [-0.4, -0.2) is 136 Å². The Morgan fingerprint density at radius 1 is 0.583 bits per heavy atom. The van der Waals surface area contributed by atoms with Crippen LogP contribution < -0.4 is 10.6 Å². The van der Waals surface area contributed by atoms with Crippen molar-refractivity contribution in [2.75, 3.05) is 25.6 Å².